The molecule has 0 spiro atoms. The number of ether oxygens (including phenoxy) is 2. The van der Waals surface area contributed by atoms with E-state index in [9.17, 15) is 4.39 Å². The number of methoxy groups -OCH3 is 1. The average Bonchev–Trinajstić information content (AvgIpc) is 2.36. The number of morpholine rings is 1. The number of hydrogen-bond donors (Lipinski definition) is 1. The van der Waals surface area contributed by atoms with Crippen LogP contribution in [0.15, 0.2) is 6.07 Å². The Labute approximate surface area is 105 Å². The summed E-state index contributed by atoms with van der Waals surface area (Å²) in [5, 5.41) is 3.32. The first-order chi connectivity index (χ1) is 8.15. The molecule has 1 saturated heterocycles. The van der Waals surface area contributed by atoms with Gasteiger partial charge in [0, 0.05) is 24.2 Å². The van der Waals surface area contributed by atoms with Crippen LogP contribution >= 0.6 is 11.6 Å². The maximum atomic E-state index is 13.7. The molecule has 17 heavy (non-hydrogen) atoms. The minimum absolute atomic E-state index is 0.104. The highest BCUT2D eigenvalue weighted by Crippen LogP contribution is 2.36. The fourth-order valence-corrected chi connectivity index (χ4v) is 2.30. The summed E-state index contributed by atoms with van der Waals surface area (Å²) >= 11 is 5.86. The normalized spacial score (nSPS) is 20.4. The first-order valence-electron chi connectivity index (χ1n) is 5.50. The van der Waals surface area contributed by atoms with Crippen molar-refractivity contribution in [2.24, 2.45) is 0 Å². The molecule has 1 aliphatic heterocycles. The average molecular weight is 260 g/mol. The lowest BCUT2D eigenvalue weighted by Gasteiger charge is -2.26. The molecule has 1 aliphatic rings. The van der Waals surface area contributed by atoms with Crippen LogP contribution < -0.4 is 10.1 Å². The van der Waals surface area contributed by atoms with E-state index in [1.165, 1.54) is 7.11 Å². The maximum Gasteiger partial charge on any atom is 0.148 e. The smallest absolute Gasteiger partial charge is 0.148 e. The van der Waals surface area contributed by atoms with Crippen LogP contribution in [0.1, 0.15) is 17.2 Å². The van der Waals surface area contributed by atoms with Crippen molar-refractivity contribution in [2.75, 3.05) is 26.8 Å². The lowest BCUT2D eigenvalue weighted by atomic mass is 10.0. The van der Waals surface area contributed by atoms with E-state index < -0.39 is 5.82 Å². The molecule has 1 aromatic carbocycles. The van der Waals surface area contributed by atoms with E-state index in [0.717, 1.165) is 12.1 Å². The summed E-state index contributed by atoms with van der Waals surface area (Å²) in [4.78, 5) is 0. The molecule has 0 saturated carbocycles. The molecule has 1 unspecified atom stereocenters. The Kier molecular flexibility index (Phi) is 3.86. The van der Waals surface area contributed by atoms with Gasteiger partial charge in [0.15, 0.2) is 0 Å². The second kappa shape index (κ2) is 5.21. The Morgan fingerprint density at radius 1 is 1.59 bits per heavy atom. The number of rotatable bonds is 2. The highest BCUT2D eigenvalue weighted by Gasteiger charge is 2.23. The quantitative estimate of drug-likeness (QED) is 0.885. The highest BCUT2D eigenvalue weighted by atomic mass is 35.5. The van der Waals surface area contributed by atoms with Gasteiger partial charge >= 0.3 is 0 Å². The van der Waals surface area contributed by atoms with Crippen molar-refractivity contribution >= 4 is 11.6 Å². The Morgan fingerprint density at radius 3 is 2.94 bits per heavy atom. The molecule has 3 nitrogen and oxygen atoms in total. The van der Waals surface area contributed by atoms with Crippen molar-refractivity contribution in [3.05, 3.63) is 28.0 Å². The summed E-state index contributed by atoms with van der Waals surface area (Å²) in [6, 6.07) is 1.58. The van der Waals surface area contributed by atoms with Gasteiger partial charge < -0.3 is 14.8 Å². The van der Waals surface area contributed by atoms with Crippen molar-refractivity contribution < 1.29 is 13.9 Å². The van der Waals surface area contributed by atoms with E-state index in [2.05, 4.69) is 5.32 Å². The van der Waals surface area contributed by atoms with Crippen LogP contribution in [0.25, 0.3) is 0 Å². The standard InChI is InChI=1S/C12H15ClFNO2/c1-7-11(14)9(13)5-8(12(7)16-2)10-6-15-3-4-17-10/h5,10,15H,3-4,6H2,1-2H3. The minimum atomic E-state index is -0.434. The molecule has 1 heterocycles. The Hall–Kier alpha value is -0.840. The van der Waals surface area contributed by atoms with Crippen molar-refractivity contribution in [2.45, 2.75) is 13.0 Å². The zero-order valence-electron chi connectivity index (χ0n) is 9.85. The highest BCUT2D eigenvalue weighted by molar-refractivity contribution is 6.31. The molecule has 94 valence electrons. The molecule has 2 rings (SSSR count). The van der Waals surface area contributed by atoms with E-state index in [1.54, 1.807) is 13.0 Å². The lowest BCUT2D eigenvalue weighted by Crippen LogP contribution is -2.33. The van der Waals surface area contributed by atoms with Crippen molar-refractivity contribution in [3.63, 3.8) is 0 Å². The van der Waals surface area contributed by atoms with E-state index in [1.807, 2.05) is 0 Å². The van der Waals surface area contributed by atoms with Gasteiger partial charge in [0.25, 0.3) is 0 Å². The van der Waals surface area contributed by atoms with Crippen LogP contribution in [-0.2, 0) is 4.74 Å². The molecule has 0 aliphatic carbocycles. The third-order valence-electron chi connectivity index (χ3n) is 2.90. The molecule has 0 bridgehead atoms. The first kappa shape index (κ1) is 12.6. The second-order valence-electron chi connectivity index (χ2n) is 3.98. The van der Waals surface area contributed by atoms with E-state index >= 15 is 0 Å². The van der Waals surface area contributed by atoms with Gasteiger partial charge in [-0.05, 0) is 13.0 Å². The molecule has 1 fully saturated rings. The summed E-state index contributed by atoms with van der Waals surface area (Å²) in [6.45, 7) is 3.78. The fraction of sp³-hybridized carbons (Fsp3) is 0.500. The molecule has 5 heteroatoms. The van der Waals surface area contributed by atoms with E-state index in [0.29, 0.717) is 24.5 Å². The van der Waals surface area contributed by atoms with Crippen molar-refractivity contribution in [1.82, 2.24) is 5.32 Å². The molecular weight excluding hydrogens is 245 g/mol. The molecule has 0 amide bonds. The number of nitrogens with one attached hydrogen (secondary N) is 1. The van der Waals surface area contributed by atoms with Gasteiger partial charge in [0.1, 0.15) is 11.6 Å². The summed E-state index contributed by atoms with van der Waals surface area (Å²) in [5.74, 6) is 0.0802. The van der Waals surface area contributed by atoms with Crippen LogP contribution in [0, 0.1) is 12.7 Å². The predicted molar refractivity (Wildman–Crippen MR) is 64.3 cm³/mol. The van der Waals surface area contributed by atoms with Gasteiger partial charge in [-0.3, -0.25) is 0 Å². The largest absolute Gasteiger partial charge is 0.496 e. The van der Waals surface area contributed by atoms with Crippen LogP contribution in [0.5, 0.6) is 5.75 Å². The van der Waals surface area contributed by atoms with Gasteiger partial charge in [0.05, 0.1) is 24.8 Å². The summed E-state index contributed by atoms with van der Waals surface area (Å²) in [6.07, 6.45) is -0.143. The fourth-order valence-electron chi connectivity index (χ4n) is 2.04. The summed E-state index contributed by atoms with van der Waals surface area (Å²) < 4.78 is 24.5. The molecular formula is C12H15ClFNO2. The van der Waals surface area contributed by atoms with Gasteiger partial charge in [-0.25, -0.2) is 4.39 Å². The third-order valence-corrected chi connectivity index (χ3v) is 3.18. The van der Waals surface area contributed by atoms with E-state index in [-0.39, 0.29) is 11.1 Å². The molecule has 1 atom stereocenters. The Bertz CT molecular complexity index is 419. The molecule has 1 aromatic rings. The van der Waals surface area contributed by atoms with Gasteiger partial charge in [-0.15, -0.1) is 0 Å². The van der Waals surface area contributed by atoms with Gasteiger partial charge in [-0.2, -0.15) is 0 Å². The lowest BCUT2D eigenvalue weighted by molar-refractivity contribution is 0.0261. The van der Waals surface area contributed by atoms with E-state index in [4.69, 9.17) is 21.1 Å². The molecule has 0 aromatic heterocycles. The van der Waals surface area contributed by atoms with Crippen LogP contribution in [0.2, 0.25) is 5.02 Å². The van der Waals surface area contributed by atoms with Crippen molar-refractivity contribution in [3.8, 4) is 5.75 Å². The molecule has 1 N–H and O–H groups in total. The number of halogens is 2. The second-order valence-corrected chi connectivity index (χ2v) is 4.39. The number of hydrogen-bond acceptors (Lipinski definition) is 3. The maximum absolute atomic E-state index is 13.7. The SMILES string of the molecule is COc1c(C2CNCCO2)cc(Cl)c(F)c1C. The zero-order chi connectivity index (χ0) is 12.4. The van der Waals surface area contributed by atoms with Crippen LogP contribution in [-0.4, -0.2) is 26.8 Å². The number of benzene rings is 1. The zero-order valence-corrected chi connectivity index (χ0v) is 10.6. The summed E-state index contributed by atoms with van der Waals surface area (Å²) in [7, 11) is 1.52. The van der Waals surface area contributed by atoms with Gasteiger partial charge in [0.2, 0.25) is 0 Å². The Morgan fingerprint density at radius 2 is 2.35 bits per heavy atom. The van der Waals surface area contributed by atoms with Crippen LogP contribution in [0.4, 0.5) is 4.39 Å². The van der Waals surface area contributed by atoms with Gasteiger partial charge in [-0.1, -0.05) is 11.6 Å². The van der Waals surface area contributed by atoms with Crippen LogP contribution in [0.3, 0.4) is 0 Å². The first-order valence-corrected chi connectivity index (χ1v) is 5.87. The third kappa shape index (κ3) is 2.39. The Balaban J connectivity index is 2.44. The van der Waals surface area contributed by atoms with Crippen molar-refractivity contribution in [1.29, 1.82) is 0 Å². The monoisotopic (exact) mass is 259 g/mol. The summed E-state index contributed by atoms with van der Waals surface area (Å²) in [5.41, 5.74) is 1.22. The topological polar surface area (TPSA) is 30.5 Å². The minimum Gasteiger partial charge on any atom is -0.496 e. The predicted octanol–water partition coefficient (Wildman–Crippen LogP) is 2.46. The molecule has 0 radical (unpaired) electrons.